The van der Waals surface area contributed by atoms with Crippen molar-refractivity contribution in [3.63, 3.8) is 0 Å². The fourth-order valence-corrected chi connectivity index (χ4v) is 3.86. The summed E-state index contributed by atoms with van der Waals surface area (Å²) < 4.78 is 0. The first-order chi connectivity index (χ1) is 12.1. The van der Waals surface area contributed by atoms with E-state index in [4.69, 9.17) is 0 Å². The number of carbonyl (C=O) groups excluding carboxylic acids is 2. The fraction of sp³-hybridized carbons (Fsp3) is 0.500. The third-order valence-electron chi connectivity index (χ3n) is 5.32. The molecule has 5 nitrogen and oxygen atoms in total. The molecule has 1 atom stereocenters. The first-order valence-corrected chi connectivity index (χ1v) is 9.04. The van der Waals surface area contributed by atoms with Crippen LogP contribution in [0.15, 0.2) is 30.5 Å². The van der Waals surface area contributed by atoms with Crippen LogP contribution in [0, 0.1) is 5.92 Å². The van der Waals surface area contributed by atoms with Gasteiger partial charge in [0.25, 0.3) is 0 Å². The first kappa shape index (κ1) is 17.7. The molecule has 2 aliphatic rings. The lowest BCUT2D eigenvalue weighted by molar-refractivity contribution is -0.130. The number of benzene rings is 1. The van der Waals surface area contributed by atoms with Crippen LogP contribution in [0.4, 0.5) is 0 Å². The average Bonchev–Trinajstić information content (AvgIpc) is 2.62. The first-order valence-electron chi connectivity index (χ1n) is 9.04. The van der Waals surface area contributed by atoms with Crippen molar-refractivity contribution in [2.45, 2.75) is 51.1 Å². The summed E-state index contributed by atoms with van der Waals surface area (Å²) in [6.45, 7) is 1.76. The molecule has 1 fully saturated rings. The largest absolute Gasteiger partial charge is 0.396 e. The maximum Gasteiger partial charge on any atom is 0.223 e. The minimum atomic E-state index is -0.257. The van der Waals surface area contributed by atoms with Crippen molar-refractivity contribution < 1.29 is 14.7 Å². The second-order valence-corrected chi connectivity index (χ2v) is 7.06. The van der Waals surface area contributed by atoms with Crippen LogP contribution in [0.3, 0.4) is 0 Å². The Labute approximate surface area is 148 Å². The molecule has 1 heterocycles. The van der Waals surface area contributed by atoms with Gasteiger partial charge >= 0.3 is 0 Å². The molecular formula is C20H26N2O3. The summed E-state index contributed by atoms with van der Waals surface area (Å²) in [5, 5.41) is 12.3. The Kier molecular flexibility index (Phi) is 5.53. The van der Waals surface area contributed by atoms with E-state index in [0.29, 0.717) is 5.92 Å². The highest BCUT2D eigenvalue weighted by Gasteiger charge is 2.29. The molecule has 1 aliphatic heterocycles. The number of amides is 2. The standard InChI is InChI=1S/C20H26N2O3/c1-14(24)22-11-10-16-4-2-3-5-18(16)19(22)12-20(25)21-17-8-6-15(13-23)7-9-17/h2-5,10-11,15,17,19,23H,6-9,12-13H2,1H3,(H,21,25). The smallest absolute Gasteiger partial charge is 0.223 e. The van der Waals surface area contributed by atoms with Gasteiger partial charge in [-0.3, -0.25) is 9.59 Å². The van der Waals surface area contributed by atoms with Gasteiger partial charge in [0.2, 0.25) is 11.8 Å². The lowest BCUT2D eigenvalue weighted by atomic mass is 9.86. The normalized spacial score (nSPS) is 25.4. The minimum Gasteiger partial charge on any atom is -0.396 e. The van der Waals surface area contributed by atoms with E-state index in [1.807, 2.05) is 30.3 Å². The number of hydrogen-bond donors (Lipinski definition) is 2. The Bertz CT molecular complexity index is 663. The van der Waals surface area contributed by atoms with Crippen LogP contribution in [-0.2, 0) is 9.59 Å². The summed E-state index contributed by atoms with van der Waals surface area (Å²) in [6, 6.07) is 7.81. The quantitative estimate of drug-likeness (QED) is 0.884. The molecule has 1 aromatic carbocycles. The summed E-state index contributed by atoms with van der Waals surface area (Å²) in [6.07, 6.45) is 7.69. The summed E-state index contributed by atoms with van der Waals surface area (Å²) in [7, 11) is 0. The van der Waals surface area contributed by atoms with Gasteiger partial charge < -0.3 is 15.3 Å². The van der Waals surface area contributed by atoms with E-state index in [0.717, 1.165) is 36.8 Å². The molecule has 1 aliphatic carbocycles. The van der Waals surface area contributed by atoms with Crippen molar-refractivity contribution in [1.29, 1.82) is 0 Å². The molecule has 2 N–H and O–H groups in total. The van der Waals surface area contributed by atoms with Gasteiger partial charge in [0.15, 0.2) is 0 Å². The number of fused-ring (bicyclic) bond motifs is 1. The van der Waals surface area contributed by atoms with Crippen molar-refractivity contribution in [3.05, 3.63) is 41.6 Å². The van der Waals surface area contributed by atoms with Gasteiger partial charge in [-0.25, -0.2) is 0 Å². The van der Waals surface area contributed by atoms with Gasteiger partial charge in [0, 0.05) is 25.8 Å². The Balaban J connectivity index is 1.66. The predicted octanol–water partition coefficient (Wildman–Crippen LogP) is 2.62. The van der Waals surface area contributed by atoms with Crippen LogP contribution in [0.1, 0.15) is 56.2 Å². The van der Waals surface area contributed by atoms with Gasteiger partial charge in [-0.15, -0.1) is 0 Å². The van der Waals surface area contributed by atoms with Crippen LogP contribution in [-0.4, -0.2) is 34.5 Å². The van der Waals surface area contributed by atoms with E-state index in [1.54, 1.807) is 11.1 Å². The SMILES string of the molecule is CC(=O)N1C=Cc2ccccc2C1CC(=O)NC1CCC(CO)CC1. The van der Waals surface area contributed by atoms with Crippen LogP contribution >= 0.6 is 0 Å². The van der Waals surface area contributed by atoms with Crippen molar-refractivity contribution in [2.24, 2.45) is 5.92 Å². The van der Waals surface area contributed by atoms with Crippen molar-refractivity contribution >= 4 is 17.9 Å². The summed E-state index contributed by atoms with van der Waals surface area (Å²) in [5.74, 6) is 0.289. The number of aliphatic hydroxyl groups is 1. The van der Waals surface area contributed by atoms with Gasteiger partial charge in [-0.1, -0.05) is 24.3 Å². The Morgan fingerprint density at radius 3 is 2.60 bits per heavy atom. The Morgan fingerprint density at radius 1 is 1.20 bits per heavy atom. The number of nitrogens with one attached hydrogen (secondary N) is 1. The van der Waals surface area contributed by atoms with E-state index < -0.39 is 0 Å². The maximum atomic E-state index is 12.6. The lowest BCUT2D eigenvalue weighted by Gasteiger charge is -2.33. The molecule has 134 valence electrons. The summed E-state index contributed by atoms with van der Waals surface area (Å²) in [4.78, 5) is 26.2. The highest BCUT2D eigenvalue weighted by molar-refractivity contribution is 5.82. The summed E-state index contributed by atoms with van der Waals surface area (Å²) in [5.41, 5.74) is 2.07. The maximum absolute atomic E-state index is 12.6. The van der Waals surface area contributed by atoms with Gasteiger partial charge in [-0.2, -0.15) is 0 Å². The Morgan fingerprint density at radius 2 is 1.92 bits per heavy atom. The fourth-order valence-electron chi connectivity index (χ4n) is 3.86. The van der Waals surface area contributed by atoms with Gasteiger partial charge in [0.05, 0.1) is 12.5 Å². The van der Waals surface area contributed by atoms with E-state index in [2.05, 4.69) is 5.32 Å². The van der Waals surface area contributed by atoms with Crippen LogP contribution in [0.5, 0.6) is 0 Å². The second-order valence-electron chi connectivity index (χ2n) is 7.06. The van der Waals surface area contributed by atoms with E-state index in [-0.39, 0.29) is 36.9 Å². The molecule has 5 heteroatoms. The minimum absolute atomic E-state index is 0.0196. The number of carbonyl (C=O) groups is 2. The zero-order valence-electron chi connectivity index (χ0n) is 14.6. The van der Waals surface area contributed by atoms with Gasteiger partial charge in [0.1, 0.15) is 0 Å². The molecule has 0 bridgehead atoms. The number of nitrogens with zero attached hydrogens (tertiary/aromatic N) is 1. The number of rotatable bonds is 4. The zero-order valence-corrected chi connectivity index (χ0v) is 14.6. The molecule has 3 rings (SSSR count). The molecule has 2 amide bonds. The third kappa shape index (κ3) is 4.10. The monoisotopic (exact) mass is 342 g/mol. The molecule has 1 saturated carbocycles. The lowest BCUT2D eigenvalue weighted by Crippen LogP contribution is -2.41. The highest BCUT2D eigenvalue weighted by atomic mass is 16.3. The highest BCUT2D eigenvalue weighted by Crippen LogP contribution is 2.33. The molecule has 1 aromatic rings. The van der Waals surface area contributed by atoms with E-state index in [9.17, 15) is 14.7 Å². The van der Waals surface area contributed by atoms with E-state index in [1.165, 1.54) is 6.92 Å². The zero-order chi connectivity index (χ0) is 17.8. The topological polar surface area (TPSA) is 69.6 Å². The third-order valence-corrected chi connectivity index (χ3v) is 5.32. The molecule has 0 spiro atoms. The second kappa shape index (κ2) is 7.83. The predicted molar refractivity (Wildman–Crippen MR) is 96.3 cm³/mol. The van der Waals surface area contributed by atoms with Crippen LogP contribution < -0.4 is 5.32 Å². The Hall–Kier alpha value is -2.14. The van der Waals surface area contributed by atoms with Crippen molar-refractivity contribution in [3.8, 4) is 0 Å². The average molecular weight is 342 g/mol. The molecule has 0 radical (unpaired) electrons. The molecule has 0 aromatic heterocycles. The van der Waals surface area contributed by atoms with E-state index >= 15 is 0 Å². The van der Waals surface area contributed by atoms with Crippen LogP contribution in [0.2, 0.25) is 0 Å². The van der Waals surface area contributed by atoms with Gasteiger partial charge in [-0.05, 0) is 48.8 Å². The molecule has 1 unspecified atom stereocenters. The molecule has 0 saturated heterocycles. The molecule has 25 heavy (non-hydrogen) atoms. The molecular weight excluding hydrogens is 316 g/mol. The number of aliphatic hydroxyl groups excluding tert-OH is 1. The van der Waals surface area contributed by atoms with Crippen molar-refractivity contribution in [1.82, 2.24) is 10.2 Å². The van der Waals surface area contributed by atoms with Crippen LogP contribution in [0.25, 0.3) is 6.08 Å². The number of hydrogen-bond acceptors (Lipinski definition) is 3. The van der Waals surface area contributed by atoms with Crippen molar-refractivity contribution in [2.75, 3.05) is 6.61 Å². The summed E-state index contributed by atoms with van der Waals surface area (Å²) >= 11 is 0.